The topological polar surface area (TPSA) is 43.8 Å². The Kier molecular flexibility index (Phi) is 3.64. The van der Waals surface area contributed by atoms with E-state index in [0.717, 1.165) is 22.2 Å². The summed E-state index contributed by atoms with van der Waals surface area (Å²) < 4.78 is 2.92. The van der Waals surface area contributed by atoms with Crippen molar-refractivity contribution in [2.75, 3.05) is 0 Å². The molecule has 2 aromatic rings. The molecule has 0 aliphatic carbocycles. The van der Waals surface area contributed by atoms with E-state index in [0.29, 0.717) is 0 Å². The number of hydrogen-bond donors (Lipinski definition) is 1. The summed E-state index contributed by atoms with van der Waals surface area (Å²) in [4.78, 5) is 0. The van der Waals surface area contributed by atoms with Crippen molar-refractivity contribution in [3.05, 3.63) is 51.8 Å². The predicted molar refractivity (Wildman–Crippen MR) is 72.7 cm³/mol. The minimum absolute atomic E-state index is 0.00306. The van der Waals surface area contributed by atoms with E-state index in [9.17, 15) is 0 Å². The van der Waals surface area contributed by atoms with E-state index in [2.05, 4.69) is 40.1 Å². The molecule has 1 atom stereocenters. The van der Waals surface area contributed by atoms with Crippen molar-refractivity contribution in [1.29, 1.82) is 0 Å². The number of aromatic nitrogens is 2. The quantitative estimate of drug-likeness (QED) is 0.946. The third kappa shape index (κ3) is 2.96. The highest BCUT2D eigenvalue weighted by Crippen LogP contribution is 2.21. The van der Waals surface area contributed by atoms with E-state index >= 15 is 0 Å². The molecular formula is C13H16BrN3. The van der Waals surface area contributed by atoms with Crippen molar-refractivity contribution < 1.29 is 0 Å². The number of halogens is 1. The fourth-order valence-corrected chi connectivity index (χ4v) is 2.06. The normalized spacial score (nSPS) is 12.7. The molecule has 0 fully saturated rings. The minimum Gasteiger partial charge on any atom is -0.324 e. The first-order chi connectivity index (χ1) is 8.06. The molecule has 0 amide bonds. The van der Waals surface area contributed by atoms with Gasteiger partial charge in [0.15, 0.2) is 0 Å². The molecule has 0 aliphatic heterocycles. The molecule has 0 bridgehead atoms. The SMILES string of the molecule is Cc1cc(C(N)Cc2ccn(C)n2)ccc1Br. The molecule has 0 radical (unpaired) electrons. The van der Waals surface area contributed by atoms with Crippen LogP contribution in [0.2, 0.25) is 0 Å². The number of nitrogens with zero attached hydrogens (tertiary/aromatic N) is 2. The molecule has 1 unspecified atom stereocenters. The molecule has 1 aromatic heterocycles. The van der Waals surface area contributed by atoms with Crippen molar-refractivity contribution in [3.63, 3.8) is 0 Å². The van der Waals surface area contributed by atoms with Gasteiger partial charge in [-0.25, -0.2) is 0 Å². The third-order valence-electron chi connectivity index (χ3n) is 2.81. The Morgan fingerprint density at radius 1 is 1.41 bits per heavy atom. The van der Waals surface area contributed by atoms with E-state index in [-0.39, 0.29) is 6.04 Å². The number of benzene rings is 1. The van der Waals surface area contributed by atoms with Crippen LogP contribution in [0.3, 0.4) is 0 Å². The highest BCUT2D eigenvalue weighted by atomic mass is 79.9. The average molecular weight is 294 g/mol. The molecule has 1 heterocycles. The highest BCUT2D eigenvalue weighted by molar-refractivity contribution is 9.10. The Labute approximate surface area is 110 Å². The molecule has 1 aromatic carbocycles. The van der Waals surface area contributed by atoms with Gasteiger partial charge in [-0.15, -0.1) is 0 Å². The van der Waals surface area contributed by atoms with Gasteiger partial charge >= 0.3 is 0 Å². The van der Waals surface area contributed by atoms with Gasteiger partial charge in [0.1, 0.15) is 0 Å². The first-order valence-corrected chi connectivity index (χ1v) is 6.35. The molecular weight excluding hydrogens is 278 g/mol. The van der Waals surface area contributed by atoms with Gasteiger partial charge < -0.3 is 5.73 Å². The monoisotopic (exact) mass is 293 g/mol. The molecule has 2 rings (SSSR count). The second-order valence-corrected chi connectivity index (χ2v) is 5.15. The summed E-state index contributed by atoms with van der Waals surface area (Å²) in [5.41, 5.74) is 9.58. The van der Waals surface area contributed by atoms with Crippen molar-refractivity contribution in [1.82, 2.24) is 9.78 Å². The molecule has 0 aliphatic rings. The van der Waals surface area contributed by atoms with Crippen LogP contribution in [0.15, 0.2) is 34.9 Å². The van der Waals surface area contributed by atoms with E-state index < -0.39 is 0 Å². The first kappa shape index (κ1) is 12.3. The van der Waals surface area contributed by atoms with Crippen molar-refractivity contribution >= 4 is 15.9 Å². The van der Waals surface area contributed by atoms with Crippen LogP contribution in [-0.4, -0.2) is 9.78 Å². The number of hydrogen-bond acceptors (Lipinski definition) is 2. The van der Waals surface area contributed by atoms with Crippen LogP contribution in [0.1, 0.15) is 22.9 Å². The molecule has 90 valence electrons. The van der Waals surface area contributed by atoms with E-state index in [1.54, 1.807) is 4.68 Å². The van der Waals surface area contributed by atoms with Gasteiger partial charge in [0, 0.05) is 30.2 Å². The maximum Gasteiger partial charge on any atom is 0.0643 e. The lowest BCUT2D eigenvalue weighted by Crippen LogP contribution is -2.14. The van der Waals surface area contributed by atoms with Gasteiger partial charge in [-0.05, 0) is 30.2 Å². The molecule has 0 saturated heterocycles. The molecule has 2 N–H and O–H groups in total. The standard InChI is InChI=1S/C13H16BrN3/c1-9-7-10(3-4-12(9)14)13(15)8-11-5-6-17(2)16-11/h3-7,13H,8,15H2,1-2H3. The largest absolute Gasteiger partial charge is 0.324 e. The zero-order valence-electron chi connectivity index (χ0n) is 10.0. The number of nitrogens with two attached hydrogens (primary N) is 1. The van der Waals surface area contributed by atoms with Crippen molar-refractivity contribution in [3.8, 4) is 0 Å². The fraction of sp³-hybridized carbons (Fsp3) is 0.308. The number of aryl methyl sites for hydroxylation is 2. The Morgan fingerprint density at radius 3 is 2.76 bits per heavy atom. The van der Waals surface area contributed by atoms with E-state index in [1.807, 2.05) is 25.4 Å². The highest BCUT2D eigenvalue weighted by Gasteiger charge is 2.09. The first-order valence-electron chi connectivity index (χ1n) is 5.56. The van der Waals surface area contributed by atoms with Gasteiger partial charge in [0.2, 0.25) is 0 Å². The lowest BCUT2D eigenvalue weighted by molar-refractivity contribution is 0.675. The van der Waals surface area contributed by atoms with Gasteiger partial charge in [0.25, 0.3) is 0 Å². The van der Waals surface area contributed by atoms with Crippen LogP contribution in [0.4, 0.5) is 0 Å². The second kappa shape index (κ2) is 5.02. The number of rotatable bonds is 3. The van der Waals surface area contributed by atoms with E-state index in [1.165, 1.54) is 5.56 Å². The minimum atomic E-state index is -0.00306. The molecule has 0 saturated carbocycles. The van der Waals surface area contributed by atoms with Crippen LogP contribution in [0.5, 0.6) is 0 Å². The lowest BCUT2D eigenvalue weighted by Gasteiger charge is -2.12. The second-order valence-electron chi connectivity index (χ2n) is 4.30. The molecule has 0 spiro atoms. The Hall–Kier alpha value is -1.13. The van der Waals surface area contributed by atoms with Crippen LogP contribution in [0.25, 0.3) is 0 Å². The molecule has 17 heavy (non-hydrogen) atoms. The smallest absolute Gasteiger partial charge is 0.0643 e. The van der Waals surface area contributed by atoms with Gasteiger partial charge in [0.05, 0.1) is 5.69 Å². The Morgan fingerprint density at radius 2 is 2.18 bits per heavy atom. The zero-order valence-corrected chi connectivity index (χ0v) is 11.6. The Bertz CT molecular complexity index is 519. The molecule has 3 nitrogen and oxygen atoms in total. The third-order valence-corrected chi connectivity index (χ3v) is 3.70. The van der Waals surface area contributed by atoms with E-state index in [4.69, 9.17) is 5.73 Å². The zero-order chi connectivity index (χ0) is 12.4. The summed E-state index contributed by atoms with van der Waals surface area (Å²) in [5, 5.41) is 4.34. The van der Waals surface area contributed by atoms with Crippen molar-refractivity contribution in [2.45, 2.75) is 19.4 Å². The summed E-state index contributed by atoms with van der Waals surface area (Å²) in [6.07, 6.45) is 2.71. The Balaban J connectivity index is 2.14. The van der Waals surface area contributed by atoms with Crippen LogP contribution in [0, 0.1) is 6.92 Å². The lowest BCUT2D eigenvalue weighted by atomic mass is 10.0. The fourth-order valence-electron chi connectivity index (χ4n) is 1.81. The van der Waals surface area contributed by atoms with Crippen LogP contribution < -0.4 is 5.73 Å². The average Bonchev–Trinajstić information content (AvgIpc) is 2.68. The van der Waals surface area contributed by atoms with Gasteiger partial charge in [-0.3, -0.25) is 4.68 Å². The summed E-state index contributed by atoms with van der Waals surface area (Å²) in [7, 11) is 1.92. The maximum atomic E-state index is 6.19. The summed E-state index contributed by atoms with van der Waals surface area (Å²) in [5.74, 6) is 0. The predicted octanol–water partition coefficient (Wildman–Crippen LogP) is 2.73. The summed E-state index contributed by atoms with van der Waals surface area (Å²) in [6.45, 7) is 2.07. The summed E-state index contributed by atoms with van der Waals surface area (Å²) in [6, 6.07) is 8.23. The van der Waals surface area contributed by atoms with Crippen molar-refractivity contribution in [2.24, 2.45) is 12.8 Å². The maximum absolute atomic E-state index is 6.19. The van der Waals surface area contributed by atoms with Crippen LogP contribution >= 0.6 is 15.9 Å². The van der Waals surface area contributed by atoms with Gasteiger partial charge in [-0.1, -0.05) is 28.1 Å². The molecule has 4 heteroatoms. The van der Waals surface area contributed by atoms with Crippen LogP contribution in [-0.2, 0) is 13.5 Å². The van der Waals surface area contributed by atoms with Gasteiger partial charge in [-0.2, -0.15) is 5.10 Å². The summed E-state index contributed by atoms with van der Waals surface area (Å²) >= 11 is 3.49.